The lowest BCUT2D eigenvalue weighted by Gasteiger charge is -2.12. The summed E-state index contributed by atoms with van der Waals surface area (Å²) >= 11 is 1.69. The van der Waals surface area contributed by atoms with E-state index >= 15 is 0 Å². The van der Waals surface area contributed by atoms with Gasteiger partial charge in [0, 0.05) is 38.0 Å². The Morgan fingerprint density at radius 1 is 0.938 bits per heavy atom. The van der Waals surface area contributed by atoms with Crippen LogP contribution in [0.25, 0.3) is 31.9 Å². The van der Waals surface area contributed by atoms with Gasteiger partial charge in [-0.05, 0) is 54.8 Å². The van der Waals surface area contributed by atoms with Crippen LogP contribution >= 0.6 is 11.3 Å². The maximum Gasteiger partial charge on any atom is 0.127 e. The lowest BCUT2D eigenvalue weighted by Crippen LogP contribution is -2.09. The Kier molecular flexibility index (Phi) is 7.02. The lowest BCUT2D eigenvalue weighted by molar-refractivity contribution is 0.101. The number of nitrogens with zero attached hydrogens (tertiary/aromatic N) is 3. The van der Waals surface area contributed by atoms with E-state index in [1.165, 1.54) is 5.56 Å². The van der Waals surface area contributed by atoms with Crippen molar-refractivity contribution in [1.29, 1.82) is 0 Å². The first-order valence-electron chi connectivity index (χ1n) is 10.9. The topological polar surface area (TPSA) is 47.5 Å². The summed E-state index contributed by atoms with van der Waals surface area (Å²) < 4.78 is 12.4. The van der Waals surface area contributed by atoms with Crippen LogP contribution in [0.5, 0.6) is 5.75 Å². The molecule has 4 aromatic rings. The normalized spacial score (nSPS) is 11.1. The number of rotatable bonds is 9. The molecular formula is C26H29N3O2S. The molecule has 0 spiro atoms. The number of pyridine rings is 1. The lowest BCUT2D eigenvalue weighted by atomic mass is 10.0. The molecule has 0 unspecified atom stereocenters. The molecule has 0 N–H and O–H groups in total. The van der Waals surface area contributed by atoms with Crippen LogP contribution in [-0.2, 0) is 4.74 Å². The number of hydrogen-bond donors (Lipinski definition) is 0. The number of aryl methyl sites for hydroxylation is 1. The summed E-state index contributed by atoms with van der Waals surface area (Å²) in [7, 11) is 3.99. The first-order chi connectivity index (χ1) is 15.5. The number of ether oxygens (including phenoxy) is 2. The number of aromatic nitrogens is 2. The number of benzene rings is 2. The van der Waals surface area contributed by atoms with E-state index in [0.717, 1.165) is 56.5 Å². The molecule has 6 heteroatoms. The molecule has 0 radical (unpaired) electrons. The van der Waals surface area contributed by atoms with Gasteiger partial charge in [0.15, 0.2) is 0 Å². The minimum atomic E-state index is 0.558. The molecular weight excluding hydrogens is 418 g/mol. The molecule has 2 aromatic heterocycles. The molecule has 0 aliphatic rings. The Labute approximate surface area is 193 Å². The van der Waals surface area contributed by atoms with Crippen molar-refractivity contribution < 1.29 is 9.47 Å². The molecule has 2 heterocycles. The van der Waals surface area contributed by atoms with Crippen LogP contribution in [0.3, 0.4) is 0 Å². The van der Waals surface area contributed by atoms with E-state index in [-0.39, 0.29) is 0 Å². The molecule has 0 aliphatic heterocycles. The predicted molar refractivity (Wildman–Crippen MR) is 134 cm³/mol. The number of anilines is 1. The van der Waals surface area contributed by atoms with Crippen molar-refractivity contribution in [1.82, 2.24) is 9.97 Å². The first kappa shape index (κ1) is 22.2. The molecule has 32 heavy (non-hydrogen) atoms. The smallest absolute Gasteiger partial charge is 0.127 e. The third-order valence-corrected chi connectivity index (χ3v) is 6.25. The minimum absolute atomic E-state index is 0.558. The van der Waals surface area contributed by atoms with Gasteiger partial charge in [0.2, 0.25) is 0 Å². The first-order valence-corrected chi connectivity index (χ1v) is 11.7. The summed E-state index contributed by atoms with van der Waals surface area (Å²) in [6, 6.07) is 16.7. The Bertz CT molecular complexity index is 1190. The SMILES string of the molecule is CCCOCCOc1ccc2nc(-c3ccc(-c4ccc(N(C)C)nc4)cc3C)sc2c1. The summed E-state index contributed by atoms with van der Waals surface area (Å²) in [6.07, 6.45) is 2.95. The number of fused-ring (bicyclic) bond motifs is 1. The standard InChI is InChI=1S/C26H29N3O2S/c1-5-12-30-13-14-31-21-8-10-23-24(16-21)32-26(28-23)22-9-6-19(15-18(22)2)20-7-11-25(27-17-20)29(3)4/h6-11,15-17H,5,12-14H2,1-4H3. The van der Waals surface area contributed by atoms with Gasteiger partial charge in [-0.1, -0.05) is 25.1 Å². The van der Waals surface area contributed by atoms with E-state index in [2.05, 4.69) is 49.2 Å². The van der Waals surface area contributed by atoms with Gasteiger partial charge in [-0.25, -0.2) is 9.97 Å². The Balaban J connectivity index is 1.52. The zero-order valence-electron chi connectivity index (χ0n) is 19.1. The second-order valence-electron chi connectivity index (χ2n) is 7.94. The van der Waals surface area contributed by atoms with E-state index in [9.17, 15) is 0 Å². The van der Waals surface area contributed by atoms with Crippen molar-refractivity contribution in [2.75, 3.05) is 38.8 Å². The van der Waals surface area contributed by atoms with Crippen molar-refractivity contribution in [3.05, 3.63) is 60.3 Å². The fourth-order valence-corrected chi connectivity index (χ4v) is 4.56. The van der Waals surface area contributed by atoms with Crippen molar-refractivity contribution in [2.45, 2.75) is 20.3 Å². The fraction of sp³-hybridized carbons (Fsp3) is 0.308. The monoisotopic (exact) mass is 447 g/mol. The third-order valence-electron chi connectivity index (χ3n) is 5.20. The van der Waals surface area contributed by atoms with Gasteiger partial charge in [-0.15, -0.1) is 11.3 Å². The van der Waals surface area contributed by atoms with Gasteiger partial charge < -0.3 is 14.4 Å². The van der Waals surface area contributed by atoms with Gasteiger partial charge in [0.25, 0.3) is 0 Å². The van der Waals surface area contributed by atoms with Gasteiger partial charge in [-0.3, -0.25) is 0 Å². The van der Waals surface area contributed by atoms with Crippen LogP contribution < -0.4 is 9.64 Å². The molecule has 0 aliphatic carbocycles. The fourth-order valence-electron chi connectivity index (χ4n) is 3.48. The van der Waals surface area contributed by atoms with Crippen molar-refractivity contribution in [3.8, 4) is 27.4 Å². The molecule has 0 saturated carbocycles. The van der Waals surface area contributed by atoms with Crippen molar-refractivity contribution in [2.24, 2.45) is 0 Å². The van der Waals surface area contributed by atoms with E-state index in [1.54, 1.807) is 11.3 Å². The second kappa shape index (κ2) is 10.1. The second-order valence-corrected chi connectivity index (χ2v) is 8.97. The summed E-state index contributed by atoms with van der Waals surface area (Å²) in [5.74, 6) is 1.81. The molecule has 0 amide bonds. The van der Waals surface area contributed by atoms with Crippen LogP contribution in [0.2, 0.25) is 0 Å². The Morgan fingerprint density at radius 2 is 1.78 bits per heavy atom. The highest BCUT2D eigenvalue weighted by molar-refractivity contribution is 7.21. The summed E-state index contributed by atoms with van der Waals surface area (Å²) in [6.45, 7) is 6.18. The zero-order chi connectivity index (χ0) is 22.5. The zero-order valence-corrected chi connectivity index (χ0v) is 19.9. The number of thiazole rings is 1. The van der Waals surface area contributed by atoms with Gasteiger partial charge in [-0.2, -0.15) is 0 Å². The van der Waals surface area contributed by atoms with Gasteiger partial charge in [0.05, 0.1) is 16.8 Å². The van der Waals surface area contributed by atoms with Gasteiger partial charge in [0.1, 0.15) is 23.2 Å². The van der Waals surface area contributed by atoms with Crippen LogP contribution in [-0.4, -0.2) is 43.9 Å². The van der Waals surface area contributed by atoms with Crippen LogP contribution in [0, 0.1) is 6.92 Å². The highest BCUT2D eigenvalue weighted by Gasteiger charge is 2.11. The summed E-state index contributed by atoms with van der Waals surface area (Å²) in [5, 5.41) is 1.02. The quantitative estimate of drug-likeness (QED) is 0.286. The Morgan fingerprint density at radius 3 is 2.50 bits per heavy atom. The molecule has 4 rings (SSSR count). The molecule has 166 valence electrons. The summed E-state index contributed by atoms with van der Waals surface area (Å²) in [5.41, 5.74) is 5.61. The molecule has 0 saturated heterocycles. The molecule has 0 bridgehead atoms. The maximum absolute atomic E-state index is 5.83. The highest BCUT2D eigenvalue weighted by Crippen LogP contribution is 2.35. The molecule has 5 nitrogen and oxygen atoms in total. The van der Waals surface area contributed by atoms with Crippen LogP contribution in [0.4, 0.5) is 5.82 Å². The molecule has 0 fully saturated rings. The Hall–Kier alpha value is -2.96. The molecule has 0 atom stereocenters. The van der Waals surface area contributed by atoms with E-state index in [4.69, 9.17) is 14.5 Å². The van der Waals surface area contributed by atoms with E-state index < -0.39 is 0 Å². The summed E-state index contributed by atoms with van der Waals surface area (Å²) in [4.78, 5) is 11.4. The van der Waals surface area contributed by atoms with Gasteiger partial charge >= 0.3 is 0 Å². The van der Waals surface area contributed by atoms with Crippen LogP contribution in [0.1, 0.15) is 18.9 Å². The predicted octanol–water partition coefficient (Wildman–Crippen LogP) is 6.21. The maximum atomic E-state index is 5.83. The molecule has 2 aromatic carbocycles. The largest absolute Gasteiger partial charge is 0.491 e. The third kappa shape index (κ3) is 5.09. The average Bonchev–Trinajstić information content (AvgIpc) is 3.22. The van der Waals surface area contributed by atoms with Crippen molar-refractivity contribution in [3.63, 3.8) is 0 Å². The van der Waals surface area contributed by atoms with E-state index in [0.29, 0.717) is 13.2 Å². The highest BCUT2D eigenvalue weighted by atomic mass is 32.1. The van der Waals surface area contributed by atoms with Crippen LogP contribution in [0.15, 0.2) is 54.7 Å². The van der Waals surface area contributed by atoms with E-state index in [1.807, 2.05) is 43.4 Å². The number of hydrogen-bond acceptors (Lipinski definition) is 6. The van der Waals surface area contributed by atoms with Crippen molar-refractivity contribution >= 4 is 27.4 Å². The average molecular weight is 448 g/mol. The minimum Gasteiger partial charge on any atom is -0.491 e.